The van der Waals surface area contributed by atoms with Gasteiger partial charge in [-0.1, -0.05) is 31.5 Å². The average Bonchev–Trinajstić information content (AvgIpc) is 2.36. The monoisotopic (exact) mass is 270 g/mol. The molecule has 18 heavy (non-hydrogen) atoms. The van der Waals surface area contributed by atoms with Crippen LogP contribution >= 0.6 is 0 Å². The maximum Gasteiger partial charge on any atom is 0.243 e. The standard InChI is InChI=1S/C13H22N2O2S/c1-4-5-10-15(3)18(16,17)13-9-7-6-8-12(13)11-14-2/h6-9,14H,4-5,10-11H2,1-3H3. The van der Waals surface area contributed by atoms with Crippen molar-refractivity contribution < 1.29 is 8.42 Å². The van der Waals surface area contributed by atoms with E-state index in [1.54, 1.807) is 19.2 Å². The summed E-state index contributed by atoms with van der Waals surface area (Å²) in [6, 6.07) is 7.14. The molecular formula is C13H22N2O2S. The number of hydrogen-bond acceptors (Lipinski definition) is 3. The Balaban J connectivity index is 3.04. The Kier molecular flexibility index (Phi) is 5.78. The van der Waals surface area contributed by atoms with Gasteiger partial charge < -0.3 is 5.32 Å². The summed E-state index contributed by atoms with van der Waals surface area (Å²) in [7, 11) is 0.0790. The second kappa shape index (κ2) is 6.87. The van der Waals surface area contributed by atoms with Crippen LogP contribution in [0.3, 0.4) is 0 Å². The maximum absolute atomic E-state index is 12.4. The van der Waals surface area contributed by atoms with Gasteiger partial charge in [-0.05, 0) is 25.1 Å². The van der Waals surface area contributed by atoms with Gasteiger partial charge in [-0.25, -0.2) is 12.7 Å². The summed E-state index contributed by atoms with van der Waals surface area (Å²) in [4.78, 5) is 0.401. The van der Waals surface area contributed by atoms with Gasteiger partial charge in [0.05, 0.1) is 4.90 Å². The van der Waals surface area contributed by atoms with E-state index in [0.29, 0.717) is 18.0 Å². The minimum absolute atomic E-state index is 0.401. The van der Waals surface area contributed by atoms with E-state index in [-0.39, 0.29) is 0 Å². The summed E-state index contributed by atoms with van der Waals surface area (Å²) in [5, 5.41) is 3.00. The van der Waals surface area contributed by atoms with Crippen LogP contribution in [0, 0.1) is 0 Å². The summed E-state index contributed by atoms with van der Waals surface area (Å²) in [6.45, 7) is 3.17. The molecule has 0 fully saturated rings. The van der Waals surface area contributed by atoms with Crippen LogP contribution in [-0.4, -0.2) is 33.4 Å². The Morgan fingerprint density at radius 1 is 1.28 bits per heavy atom. The minimum Gasteiger partial charge on any atom is -0.316 e. The second-order valence-corrected chi connectivity index (χ2v) is 6.33. The smallest absolute Gasteiger partial charge is 0.243 e. The number of sulfonamides is 1. The average molecular weight is 270 g/mol. The van der Waals surface area contributed by atoms with Gasteiger partial charge in [-0.2, -0.15) is 0 Å². The van der Waals surface area contributed by atoms with Crippen molar-refractivity contribution >= 4 is 10.0 Å². The van der Waals surface area contributed by atoms with Gasteiger partial charge in [0, 0.05) is 20.1 Å². The summed E-state index contributed by atoms with van der Waals surface area (Å²) in [6.07, 6.45) is 1.86. The van der Waals surface area contributed by atoms with Crippen molar-refractivity contribution in [1.82, 2.24) is 9.62 Å². The van der Waals surface area contributed by atoms with E-state index in [9.17, 15) is 8.42 Å². The fourth-order valence-electron chi connectivity index (χ4n) is 1.76. The lowest BCUT2D eigenvalue weighted by Crippen LogP contribution is -2.29. The molecule has 102 valence electrons. The first-order valence-electron chi connectivity index (χ1n) is 6.23. The molecular weight excluding hydrogens is 248 g/mol. The Labute approximate surface area is 110 Å². The number of unbranched alkanes of at least 4 members (excludes halogenated alkanes) is 1. The molecule has 0 aliphatic heterocycles. The van der Waals surface area contributed by atoms with E-state index in [1.165, 1.54) is 4.31 Å². The molecule has 0 saturated carbocycles. The van der Waals surface area contributed by atoms with Crippen molar-refractivity contribution in [2.45, 2.75) is 31.2 Å². The second-order valence-electron chi connectivity index (χ2n) is 4.32. The summed E-state index contributed by atoms with van der Waals surface area (Å²) in [5.41, 5.74) is 0.809. The van der Waals surface area contributed by atoms with Gasteiger partial charge in [0.15, 0.2) is 0 Å². The molecule has 1 N–H and O–H groups in total. The summed E-state index contributed by atoms with van der Waals surface area (Å²) >= 11 is 0. The van der Waals surface area contributed by atoms with E-state index < -0.39 is 10.0 Å². The fourth-order valence-corrected chi connectivity index (χ4v) is 3.19. The first kappa shape index (κ1) is 15.1. The van der Waals surface area contributed by atoms with Crippen LogP contribution in [0.4, 0.5) is 0 Å². The quantitative estimate of drug-likeness (QED) is 0.822. The van der Waals surface area contributed by atoms with Crippen LogP contribution in [0.1, 0.15) is 25.3 Å². The third-order valence-electron chi connectivity index (χ3n) is 2.85. The highest BCUT2D eigenvalue weighted by molar-refractivity contribution is 7.89. The van der Waals surface area contributed by atoms with Crippen molar-refractivity contribution in [3.05, 3.63) is 29.8 Å². The molecule has 0 radical (unpaired) electrons. The zero-order valence-corrected chi connectivity index (χ0v) is 12.1. The molecule has 0 aromatic heterocycles. The Morgan fingerprint density at radius 2 is 1.94 bits per heavy atom. The normalized spacial score (nSPS) is 12.0. The summed E-state index contributed by atoms with van der Waals surface area (Å²) in [5.74, 6) is 0. The van der Waals surface area contributed by atoms with E-state index in [4.69, 9.17) is 0 Å². The van der Waals surface area contributed by atoms with Crippen LogP contribution in [0.25, 0.3) is 0 Å². The van der Waals surface area contributed by atoms with Gasteiger partial charge in [0.1, 0.15) is 0 Å². The van der Waals surface area contributed by atoms with Crippen molar-refractivity contribution in [2.75, 3.05) is 20.6 Å². The lowest BCUT2D eigenvalue weighted by molar-refractivity contribution is 0.458. The van der Waals surface area contributed by atoms with E-state index in [2.05, 4.69) is 12.2 Å². The highest BCUT2D eigenvalue weighted by Crippen LogP contribution is 2.19. The Morgan fingerprint density at radius 3 is 2.56 bits per heavy atom. The molecule has 0 spiro atoms. The molecule has 1 aromatic rings. The molecule has 4 nitrogen and oxygen atoms in total. The van der Waals surface area contributed by atoms with Crippen LogP contribution in [0.15, 0.2) is 29.2 Å². The zero-order chi connectivity index (χ0) is 13.6. The van der Waals surface area contributed by atoms with E-state index in [1.807, 2.05) is 19.2 Å². The number of nitrogens with zero attached hydrogens (tertiary/aromatic N) is 1. The molecule has 1 aromatic carbocycles. The molecule has 1 rings (SSSR count). The van der Waals surface area contributed by atoms with Gasteiger partial charge in [-0.15, -0.1) is 0 Å². The number of nitrogens with one attached hydrogen (secondary N) is 1. The molecule has 0 aliphatic carbocycles. The van der Waals surface area contributed by atoms with E-state index in [0.717, 1.165) is 18.4 Å². The molecule has 0 aliphatic rings. The van der Waals surface area contributed by atoms with Gasteiger partial charge in [0.2, 0.25) is 10.0 Å². The maximum atomic E-state index is 12.4. The third kappa shape index (κ3) is 3.54. The van der Waals surface area contributed by atoms with Crippen LogP contribution in [0.2, 0.25) is 0 Å². The molecule has 0 unspecified atom stereocenters. The first-order valence-corrected chi connectivity index (χ1v) is 7.67. The lowest BCUT2D eigenvalue weighted by Gasteiger charge is -2.19. The van der Waals surface area contributed by atoms with Crippen LogP contribution < -0.4 is 5.32 Å². The topological polar surface area (TPSA) is 49.4 Å². The number of hydrogen-bond donors (Lipinski definition) is 1. The third-order valence-corrected chi connectivity index (χ3v) is 4.81. The largest absolute Gasteiger partial charge is 0.316 e. The number of rotatable bonds is 7. The van der Waals surface area contributed by atoms with Crippen molar-refractivity contribution in [2.24, 2.45) is 0 Å². The van der Waals surface area contributed by atoms with Gasteiger partial charge >= 0.3 is 0 Å². The number of benzene rings is 1. The molecule has 0 amide bonds. The minimum atomic E-state index is -3.37. The van der Waals surface area contributed by atoms with Crippen LogP contribution in [0.5, 0.6) is 0 Å². The highest BCUT2D eigenvalue weighted by Gasteiger charge is 2.22. The SMILES string of the molecule is CCCCN(C)S(=O)(=O)c1ccccc1CNC. The van der Waals surface area contributed by atoms with Crippen molar-refractivity contribution in [3.8, 4) is 0 Å². The predicted molar refractivity (Wildman–Crippen MR) is 73.9 cm³/mol. The van der Waals surface area contributed by atoms with Gasteiger partial charge in [0.25, 0.3) is 0 Å². The van der Waals surface area contributed by atoms with E-state index >= 15 is 0 Å². The molecule has 0 atom stereocenters. The van der Waals surface area contributed by atoms with Gasteiger partial charge in [-0.3, -0.25) is 0 Å². The van der Waals surface area contributed by atoms with Crippen molar-refractivity contribution in [1.29, 1.82) is 0 Å². The highest BCUT2D eigenvalue weighted by atomic mass is 32.2. The summed E-state index contributed by atoms with van der Waals surface area (Å²) < 4.78 is 26.3. The predicted octanol–water partition coefficient (Wildman–Crippen LogP) is 1.83. The molecule has 0 bridgehead atoms. The Bertz CT molecular complexity index is 472. The first-order chi connectivity index (χ1) is 8.54. The Hall–Kier alpha value is -0.910. The van der Waals surface area contributed by atoms with Crippen molar-refractivity contribution in [3.63, 3.8) is 0 Å². The van der Waals surface area contributed by atoms with Crippen LogP contribution in [-0.2, 0) is 16.6 Å². The molecule has 5 heteroatoms. The lowest BCUT2D eigenvalue weighted by atomic mass is 10.2. The molecule has 0 heterocycles. The molecule has 0 saturated heterocycles. The fraction of sp³-hybridized carbons (Fsp3) is 0.538. The zero-order valence-electron chi connectivity index (χ0n) is 11.3.